The van der Waals surface area contributed by atoms with Crippen LogP contribution in [-0.2, 0) is 0 Å². The third-order valence-electron chi connectivity index (χ3n) is 6.34. The topological polar surface area (TPSA) is 56.4 Å². The molecule has 1 N–H and O–H groups in total. The Balaban J connectivity index is 1.72. The van der Waals surface area contributed by atoms with Crippen LogP contribution in [0.3, 0.4) is 0 Å². The highest BCUT2D eigenvalue weighted by Crippen LogP contribution is 2.40. The van der Waals surface area contributed by atoms with Crippen LogP contribution in [-0.4, -0.2) is 52.8 Å². The summed E-state index contributed by atoms with van der Waals surface area (Å²) in [7, 11) is 0. The number of aromatic amines is 1. The molecule has 1 aliphatic heterocycles. The van der Waals surface area contributed by atoms with Gasteiger partial charge in [0.15, 0.2) is 0 Å². The summed E-state index contributed by atoms with van der Waals surface area (Å²) in [5.74, 6) is -0.409. The molecule has 4 aromatic rings. The molecule has 5 nitrogen and oxygen atoms in total. The van der Waals surface area contributed by atoms with Crippen LogP contribution >= 0.6 is 0 Å². The van der Waals surface area contributed by atoms with Crippen molar-refractivity contribution in [3.63, 3.8) is 0 Å². The van der Waals surface area contributed by atoms with E-state index in [2.05, 4.69) is 35.9 Å². The van der Waals surface area contributed by atoms with Crippen LogP contribution in [0.15, 0.2) is 60.7 Å². The van der Waals surface area contributed by atoms with E-state index in [0.717, 1.165) is 46.0 Å². The number of rotatable bonds is 6. The van der Waals surface area contributed by atoms with Gasteiger partial charge in [-0.25, -0.2) is 0 Å². The number of amides is 2. The summed E-state index contributed by atoms with van der Waals surface area (Å²) in [6.45, 7) is 7.03. The Hall–Kier alpha value is -3.44. The molecule has 156 valence electrons. The van der Waals surface area contributed by atoms with Gasteiger partial charge in [0.2, 0.25) is 0 Å². The number of carbonyl (C=O) groups is 2. The van der Waals surface area contributed by atoms with Crippen LogP contribution in [0.2, 0.25) is 0 Å². The van der Waals surface area contributed by atoms with E-state index in [1.165, 1.54) is 4.90 Å². The third-order valence-corrected chi connectivity index (χ3v) is 6.34. The van der Waals surface area contributed by atoms with Crippen molar-refractivity contribution in [1.82, 2.24) is 14.8 Å². The summed E-state index contributed by atoms with van der Waals surface area (Å²) in [4.78, 5) is 34.1. The number of aromatic nitrogens is 1. The van der Waals surface area contributed by atoms with Crippen molar-refractivity contribution in [3.8, 4) is 11.1 Å². The number of nitrogens with one attached hydrogen (secondary N) is 1. The van der Waals surface area contributed by atoms with Crippen LogP contribution in [0.1, 0.15) is 34.6 Å². The first-order valence-electron chi connectivity index (χ1n) is 10.8. The van der Waals surface area contributed by atoms with Crippen molar-refractivity contribution in [1.29, 1.82) is 0 Å². The number of likely N-dealkylation sites (N-methyl/N-ethyl adjacent to an activating group) is 1. The first-order chi connectivity index (χ1) is 15.1. The first kappa shape index (κ1) is 19.5. The highest BCUT2D eigenvalue weighted by molar-refractivity contribution is 6.30. The predicted octanol–water partition coefficient (Wildman–Crippen LogP) is 4.93. The Morgan fingerprint density at radius 3 is 2.26 bits per heavy atom. The zero-order valence-corrected chi connectivity index (χ0v) is 17.8. The monoisotopic (exact) mass is 411 g/mol. The number of carbonyl (C=O) groups excluding carboxylic acids is 2. The molecule has 1 aliphatic rings. The number of fused-ring (bicyclic) bond motifs is 5. The van der Waals surface area contributed by atoms with Crippen molar-refractivity contribution < 1.29 is 9.59 Å². The van der Waals surface area contributed by atoms with Gasteiger partial charge in [-0.05, 0) is 36.3 Å². The second-order valence-corrected chi connectivity index (χ2v) is 7.92. The maximum absolute atomic E-state index is 13.5. The number of hydrogen-bond donors (Lipinski definition) is 1. The van der Waals surface area contributed by atoms with Crippen LogP contribution in [0, 0.1) is 0 Å². The van der Waals surface area contributed by atoms with Crippen LogP contribution in [0.25, 0.3) is 32.9 Å². The number of imide groups is 1. The van der Waals surface area contributed by atoms with Crippen molar-refractivity contribution in [3.05, 3.63) is 71.8 Å². The largest absolute Gasteiger partial charge is 0.354 e. The minimum absolute atomic E-state index is 0.202. The van der Waals surface area contributed by atoms with E-state index in [1.807, 2.05) is 48.5 Å². The minimum atomic E-state index is -0.207. The van der Waals surface area contributed by atoms with Gasteiger partial charge in [0.05, 0.1) is 16.6 Å². The van der Waals surface area contributed by atoms with Gasteiger partial charge in [-0.1, -0.05) is 62.4 Å². The van der Waals surface area contributed by atoms with Crippen molar-refractivity contribution in [2.24, 2.45) is 0 Å². The standard InChI is InChI=1S/C26H25N3O2/c1-3-28(4-2)14-15-29-25(30)22-19(17-10-6-5-7-11-17)16-20-18-12-8-9-13-21(18)27-24(20)23(22)26(29)31/h5-13,16,27H,3-4,14-15H2,1-2H3. The molecular weight excluding hydrogens is 386 g/mol. The van der Waals surface area contributed by atoms with Gasteiger partial charge in [-0.2, -0.15) is 0 Å². The fourth-order valence-electron chi connectivity index (χ4n) is 4.61. The smallest absolute Gasteiger partial charge is 0.263 e. The Bertz CT molecular complexity index is 1300. The quantitative estimate of drug-likeness (QED) is 0.458. The van der Waals surface area contributed by atoms with E-state index < -0.39 is 0 Å². The van der Waals surface area contributed by atoms with Crippen LogP contribution in [0.4, 0.5) is 0 Å². The Morgan fingerprint density at radius 2 is 1.52 bits per heavy atom. The van der Waals surface area contributed by atoms with E-state index in [1.54, 1.807) is 0 Å². The van der Waals surface area contributed by atoms with E-state index in [0.29, 0.717) is 24.2 Å². The van der Waals surface area contributed by atoms with Gasteiger partial charge in [0, 0.05) is 29.4 Å². The lowest BCUT2D eigenvalue weighted by Crippen LogP contribution is -2.38. The van der Waals surface area contributed by atoms with Gasteiger partial charge in [-0.3, -0.25) is 14.5 Å². The summed E-state index contributed by atoms with van der Waals surface area (Å²) in [6, 6.07) is 19.9. The lowest BCUT2D eigenvalue weighted by molar-refractivity contribution is 0.0639. The minimum Gasteiger partial charge on any atom is -0.354 e. The summed E-state index contributed by atoms with van der Waals surface area (Å²) in [5.41, 5.74) is 4.48. The Morgan fingerprint density at radius 1 is 0.839 bits per heavy atom. The van der Waals surface area contributed by atoms with Gasteiger partial charge in [0.25, 0.3) is 11.8 Å². The first-order valence-corrected chi connectivity index (χ1v) is 10.8. The summed E-state index contributed by atoms with van der Waals surface area (Å²) >= 11 is 0. The number of hydrogen-bond acceptors (Lipinski definition) is 3. The molecule has 0 unspecified atom stereocenters. The van der Waals surface area contributed by atoms with E-state index in [-0.39, 0.29) is 11.8 Å². The fraction of sp³-hybridized carbons (Fsp3) is 0.231. The molecule has 0 saturated heterocycles. The second kappa shape index (κ2) is 7.67. The molecule has 5 rings (SSSR count). The van der Waals surface area contributed by atoms with Crippen molar-refractivity contribution >= 4 is 33.6 Å². The Labute approximate surface area is 181 Å². The van der Waals surface area contributed by atoms with E-state index >= 15 is 0 Å². The summed E-state index contributed by atoms with van der Waals surface area (Å²) < 4.78 is 0. The van der Waals surface area contributed by atoms with E-state index in [9.17, 15) is 9.59 Å². The molecular formula is C26H25N3O2. The van der Waals surface area contributed by atoms with Gasteiger partial charge >= 0.3 is 0 Å². The molecule has 3 aromatic carbocycles. The lowest BCUT2D eigenvalue weighted by atomic mass is 9.93. The molecule has 0 spiro atoms. The van der Waals surface area contributed by atoms with Gasteiger partial charge in [-0.15, -0.1) is 0 Å². The Kier molecular flexibility index (Phi) is 4.83. The average Bonchev–Trinajstić information content (AvgIpc) is 3.30. The highest BCUT2D eigenvalue weighted by Gasteiger charge is 2.40. The zero-order chi connectivity index (χ0) is 21.5. The van der Waals surface area contributed by atoms with Crippen LogP contribution < -0.4 is 0 Å². The van der Waals surface area contributed by atoms with Crippen molar-refractivity contribution in [2.45, 2.75) is 13.8 Å². The lowest BCUT2D eigenvalue weighted by Gasteiger charge is -2.21. The number of nitrogens with zero attached hydrogens (tertiary/aromatic N) is 2. The average molecular weight is 412 g/mol. The molecule has 0 atom stereocenters. The third kappa shape index (κ3) is 3.04. The number of para-hydroxylation sites is 1. The van der Waals surface area contributed by atoms with Crippen LogP contribution in [0.5, 0.6) is 0 Å². The molecule has 2 amide bonds. The van der Waals surface area contributed by atoms with Crippen molar-refractivity contribution in [2.75, 3.05) is 26.2 Å². The maximum atomic E-state index is 13.5. The molecule has 5 heteroatoms. The highest BCUT2D eigenvalue weighted by atomic mass is 16.2. The molecule has 0 bridgehead atoms. The molecule has 2 heterocycles. The molecule has 0 aliphatic carbocycles. The molecule has 1 aromatic heterocycles. The maximum Gasteiger partial charge on any atom is 0.263 e. The molecule has 0 fully saturated rings. The predicted molar refractivity (Wildman–Crippen MR) is 124 cm³/mol. The zero-order valence-electron chi connectivity index (χ0n) is 17.8. The number of H-pyrrole nitrogens is 1. The summed E-state index contributed by atoms with van der Waals surface area (Å²) in [6.07, 6.45) is 0. The normalized spacial score (nSPS) is 13.7. The van der Waals surface area contributed by atoms with Gasteiger partial charge in [0.1, 0.15) is 0 Å². The second-order valence-electron chi connectivity index (χ2n) is 7.92. The summed E-state index contributed by atoms with van der Waals surface area (Å²) in [5, 5.41) is 2.03. The fourth-order valence-corrected chi connectivity index (χ4v) is 4.61. The molecule has 0 radical (unpaired) electrons. The molecule has 31 heavy (non-hydrogen) atoms. The SMILES string of the molecule is CCN(CC)CCN1C(=O)c2c(-c3ccccc3)cc3c([nH]c4ccccc43)c2C1=O. The number of benzene rings is 3. The van der Waals surface area contributed by atoms with E-state index in [4.69, 9.17) is 0 Å². The van der Waals surface area contributed by atoms with Gasteiger partial charge < -0.3 is 9.88 Å². The molecule has 0 saturated carbocycles.